The third kappa shape index (κ3) is 2.51. The maximum atomic E-state index is 9.24. The third-order valence-electron chi connectivity index (χ3n) is 3.26. The van der Waals surface area contributed by atoms with Crippen molar-refractivity contribution in [1.82, 2.24) is 0 Å². The summed E-state index contributed by atoms with van der Waals surface area (Å²) in [6.07, 6.45) is 7.96. The van der Waals surface area contributed by atoms with E-state index < -0.39 is 0 Å². The smallest absolute Gasteiger partial charge is 0.0679 e. The Morgan fingerprint density at radius 1 is 1.40 bits per heavy atom. The molecule has 0 aromatic rings. The van der Waals surface area contributed by atoms with Crippen molar-refractivity contribution < 1.29 is 5.11 Å². The van der Waals surface area contributed by atoms with Gasteiger partial charge in [0.05, 0.1) is 6.61 Å². The van der Waals surface area contributed by atoms with E-state index in [-0.39, 0.29) is 17.4 Å². The largest absolute Gasteiger partial charge is 0.399 e. The van der Waals surface area contributed by atoms with Crippen molar-refractivity contribution in [2.75, 3.05) is 6.61 Å². The number of nitrogens with two attached hydrogens (primary N) is 1. The van der Waals surface area contributed by atoms with Gasteiger partial charge in [-0.25, -0.2) is 0 Å². The monoisotopic (exact) mass is 207 g/mol. The zero-order valence-electron chi connectivity index (χ0n) is 10.0. The fourth-order valence-corrected chi connectivity index (χ4v) is 1.56. The highest BCUT2D eigenvalue weighted by molar-refractivity contribution is 5.37. The summed E-state index contributed by atoms with van der Waals surface area (Å²) in [6, 6.07) is 0. The molecule has 2 heteroatoms. The molecule has 3 N–H and O–H groups in total. The van der Waals surface area contributed by atoms with Gasteiger partial charge in [-0.05, 0) is 23.1 Å². The van der Waals surface area contributed by atoms with Gasteiger partial charge in [0.2, 0.25) is 0 Å². The molecule has 1 rings (SSSR count). The first kappa shape index (κ1) is 12.1. The second kappa shape index (κ2) is 3.86. The summed E-state index contributed by atoms with van der Waals surface area (Å²) < 4.78 is 0. The minimum absolute atomic E-state index is 0.0358. The molecule has 0 aliphatic heterocycles. The van der Waals surface area contributed by atoms with Crippen molar-refractivity contribution in [3.05, 3.63) is 35.6 Å². The summed E-state index contributed by atoms with van der Waals surface area (Å²) in [4.78, 5) is 0. The van der Waals surface area contributed by atoms with Gasteiger partial charge in [0.15, 0.2) is 0 Å². The Balaban J connectivity index is 3.20. The van der Waals surface area contributed by atoms with E-state index in [9.17, 15) is 5.11 Å². The molecule has 0 heterocycles. The van der Waals surface area contributed by atoms with Crippen molar-refractivity contribution in [3.8, 4) is 0 Å². The van der Waals surface area contributed by atoms with Crippen LogP contribution in [0.3, 0.4) is 0 Å². The summed E-state index contributed by atoms with van der Waals surface area (Å²) >= 11 is 0. The number of aliphatic hydroxyl groups excluding tert-OH is 1. The van der Waals surface area contributed by atoms with E-state index >= 15 is 0 Å². The van der Waals surface area contributed by atoms with Gasteiger partial charge in [-0.1, -0.05) is 39.8 Å². The molecule has 1 unspecified atom stereocenters. The standard InChI is InChI=1S/C13H21NO/c1-12(2,3)13(4)6-5-11(14)7-10(8-13)9-15/h5-8,15H,9,14H2,1-4H3. The van der Waals surface area contributed by atoms with Gasteiger partial charge in [-0.2, -0.15) is 0 Å². The van der Waals surface area contributed by atoms with Crippen LogP contribution < -0.4 is 5.73 Å². The summed E-state index contributed by atoms with van der Waals surface area (Å²) in [6.45, 7) is 8.75. The Labute approximate surface area is 92.2 Å². The first-order chi connectivity index (χ1) is 6.78. The Morgan fingerprint density at radius 2 is 2.00 bits per heavy atom. The van der Waals surface area contributed by atoms with Crippen LogP contribution in [0.5, 0.6) is 0 Å². The number of allylic oxidation sites excluding steroid dienone is 3. The normalized spacial score (nSPS) is 27.0. The number of hydrogen-bond acceptors (Lipinski definition) is 2. The lowest BCUT2D eigenvalue weighted by molar-refractivity contribution is 0.225. The molecule has 0 radical (unpaired) electrons. The molecule has 0 amide bonds. The number of rotatable bonds is 1. The van der Waals surface area contributed by atoms with E-state index in [1.54, 1.807) is 0 Å². The minimum Gasteiger partial charge on any atom is -0.399 e. The van der Waals surface area contributed by atoms with Crippen molar-refractivity contribution >= 4 is 0 Å². The molecule has 0 saturated carbocycles. The van der Waals surface area contributed by atoms with Crippen molar-refractivity contribution in [1.29, 1.82) is 0 Å². The molecule has 0 aromatic heterocycles. The second-order valence-electron chi connectivity index (χ2n) is 5.39. The molecular formula is C13H21NO. The molecule has 2 nitrogen and oxygen atoms in total. The maximum absolute atomic E-state index is 9.24. The second-order valence-corrected chi connectivity index (χ2v) is 5.39. The molecule has 0 spiro atoms. The zero-order valence-corrected chi connectivity index (χ0v) is 10.0. The molecular weight excluding hydrogens is 186 g/mol. The molecule has 0 bridgehead atoms. The molecule has 84 valence electrons. The predicted molar refractivity (Wildman–Crippen MR) is 64.1 cm³/mol. The summed E-state index contributed by atoms with van der Waals surface area (Å²) in [5.74, 6) is 0. The molecule has 1 aliphatic rings. The van der Waals surface area contributed by atoms with E-state index in [0.29, 0.717) is 5.70 Å². The highest BCUT2D eigenvalue weighted by Crippen LogP contribution is 2.42. The van der Waals surface area contributed by atoms with Gasteiger partial charge >= 0.3 is 0 Å². The van der Waals surface area contributed by atoms with E-state index in [1.165, 1.54) is 0 Å². The quantitative estimate of drug-likeness (QED) is 0.693. The van der Waals surface area contributed by atoms with E-state index in [0.717, 1.165) is 5.57 Å². The van der Waals surface area contributed by atoms with Crippen LogP contribution in [-0.4, -0.2) is 11.7 Å². The van der Waals surface area contributed by atoms with Crippen LogP contribution in [-0.2, 0) is 0 Å². The van der Waals surface area contributed by atoms with Gasteiger partial charge in [0.1, 0.15) is 0 Å². The first-order valence-corrected chi connectivity index (χ1v) is 5.27. The average molecular weight is 207 g/mol. The topological polar surface area (TPSA) is 46.2 Å². The van der Waals surface area contributed by atoms with Crippen LogP contribution in [0.25, 0.3) is 0 Å². The summed E-state index contributed by atoms with van der Waals surface area (Å²) in [5.41, 5.74) is 7.39. The fourth-order valence-electron chi connectivity index (χ4n) is 1.56. The van der Waals surface area contributed by atoms with Crippen LogP contribution in [0.4, 0.5) is 0 Å². The van der Waals surface area contributed by atoms with Crippen molar-refractivity contribution in [3.63, 3.8) is 0 Å². The zero-order chi connectivity index (χ0) is 11.7. The van der Waals surface area contributed by atoms with Crippen LogP contribution >= 0.6 is 0 Å². The Morgan fingerprint density at radius 3 is 2.47 bits per heavy atom. The highest BCUT2D eigenvalue weighted by atomic mass is 16.3. The van der Waals surface area contributed by atoms with Gasteiger partial charge < -0.3 is 10.8 Å². The van der Waals surface area contributed by atoms with Crippen LogP contribution in [0.15, 0.2) is 35.6 Å². The molecule has 0 saturated heterocycles. The summed E-state index contributed by atoms with van der Waals surface area (Å²) in [7, 11) is 0. The van der Waals surface area contributed by atoms with Gasteiger partial charge in [-0.3, -0.25) is 0 Å². The van der Waals surface area contributed by atoms with Crippen LogP contribution in [0.1, 0.15) is 27.7 Å². The lowest BCUT2D eigenvalue weighted by Crippen LogP contribution is -2.29. The van der Waals surface area contributed by atoms with E-state index in [2.05, 4.69) is 39.8 Å². The van der Waals surface area contributed by atoms with Gasteiger partial charge in [0, 0.05) is 11.1 Å². The number of aliphatic hydroxyl groups is 1. The minimum atomic E-state index is -0.0807. The van der Waals surface area contributed by atoms with Crippen LogP contribution in [0, 0.1) is 10.8 Å². The Hall–Kier alpha value is -1.02. The Bertz CT molecular complexity index is 331. The van der Waals surface area contributed by atoms with Crippen molar-refractivity contribution in [2.24, 2.45) is 16.6 Å². The SMILES string of the molecule is CC(C)(C)C1(C)C=CC(N)=CC(CO)=C1. The number of hydrogen-bond donors (Lipinski definition) is 2. The Kier molecular flexibility index (Phi) is 3.10. The highest BCUT2D eigenvalue weighted by Gasteiger charge is 2.33. The molecule has 0 fully saturated rings. The van der Waals surface area contributed by atoms with Gasteiger partial charge in [-0.15, -0.1) is 0 Å². The lowest BCUT2D eigenvalue weighted by atomic mass is 9.67. The van der Waals surface area contributed by atoms with E-state index in [4.69, 9.17) is 5.73 Å². The van der Waals surface area contributed by atoms with Crippen molar-refractivity contribution in [2.45, 2.75) is 27.7 Å². The fraction of sp³-hybridized carbons (Fsp3) is 0.538. The van der Waals surface area contributed by atoms with Crippen LogP contribution in [0.2, 0.25) is 0 Å². The first-order valence-electron chi connectivity index (χ1n) is 5.27. The molecule has 0 aromatic carbocycles. The maximum Gasteiger partial charge on any atom is 0.0679 e. The predicted octanol–water partition coefficient (Wildman–Crippen LogP) is 2.37. The third-order valence-corrected chi connectivity index (χ3v) is 3.26. The summed E-state index contributed by atoms with van der Waals surface area (Å²) in [5, 5.41) is 9.24. The molecule has 1 atom stereocenters. The molecule has 1 aliphatic carbocycles. The average Bonchev–Trinajstić information content (AvgIpc) is 2.25. The lowest BCUT2D eigenvalue weighted by Gasteiger charge is -2.37. The molecule has 15 heavy (non-hydrogen) atoms. The van der Waals surface area contributed by atoms with E-state index in [1.807, 2.05) is 12.2 Å². The van der Waals surface area contributed by atoms with Gasteiger partial charge in [0.25, 0.3) is 0 Å².